The van der Waals surface area contributed by atoms with Crippen LogP contribution in [0.5, 0.6) is 0 Å². The number of thiazole rings is 1. The number of ether oxygens (including phenoxy) is 1. The summed E-state index contributed by atoms with van der Waals surface area (Å²) < 4.78 is 5.31. The number of morpholine rings is 1. The van der Waals surface area contributed by atoms with E-state index in [0.29, 0.717) is 31.4 Å². The Kier molecular flexibility index (Phi) is 3.51. The minimum atomic E-state index is 0.253. The Bertz CT molecular complexity index is 540. The predicted molar refractivity (Wildman–Crippen MR) is 72.2 cm³/mol. The zero-order chi connectivity index (χ0) is 13.1. The van der Waals surface area contributed by atoms with E-state index < -0.39 is 0 Å². The van der Waals surface area contributed by atoms with Gasteiger partial charge in [-0.2, -0.15) is 15.0 Å². The van der Waals surface area contributed by atoms with E-state index in [9.17, 15) is 0 Å². The van der Waals surface area contributed by atoms with E-state index >= 15 is 0 Å². The topological polar surface area (TPSA) is 90.0 Å². The van der Waals surface area contributed by atoms with Gasteiger partial charge < -0.3 is 15.4 Å². The molecule has 0 aliphatic carbocycles. The van der Waals surface area contributed by atoms with Crippen molar-refractivity contribution in [3.63, 3.8) is 0 Å². The Morgan fingerprint density at radius 3 is 2.84 bits per heavy atom. The van der Waals surface area contributed by atoms with Crippen LogP contribution in [-0.2, 0) is 11.2 Å². The fourth-order valence-corrected chi connectivity index (χ4v) is 2.50. The molecule has 0 saturated carbocycles. The van der Waals surface area contributed by atoms with Crippen molar-refractivity contribution in [3.8, 4) is 0 Å². The SMILES string of the molecule is Nc1nc(Cc2nccs2)nc(N2CCOCC2)n1. The van der Waals surface area contributed by atoms with Crippen molar-refractivity contribution in [2.24, 2.45) is 0 Å². The molecule has 1 fully saturated rings. The van der Waals surface area contributed by atoms with Gasteiger partial charge in [0.2, 0.25) is 11.9 Å². The molecule has 0 radical (unpaired) electrons. The molecule has 0 aromatic carbocycles. The van der Waals surface area contributed by atoms with Crippen LogP contribution in [0, 0.1) is 0 Å². The highest BCUT2D eigenvalue weighted by molar-refractivity contribution is 7.09. The molecule has 1 aliphatic heterocycles. The number of nitrogen functional groups attached to an aromatic ring is 1. The van der Waals surface area contributed by atoms with Gasteiger partial charge in [0.1, 0.15) is 10.8 Å². The molecule has 2 aromatic rings. The van der Waals surface area contributed by atoms with Crippen LogP contribution in [0.1, 0.15) is 10.8 Å². The Morgan fingerprint density at radius 1 is 1.26 bits per heavy atom. The van der Waals surface area contributed by atoms with E-state index in [1.807, 2.05) is 5.38 Å². The smallest absolute Gasteiger partial charge is 0.230 e. The third-order valence-electron chi connectivity index (χ3n) is 2.77. The summed E-state index contributed by atoms with van der Waals surface area (Å²) in [5.74, 6) is 1.54. The molecule has 0 unspecified atom stereocenters. The lowest BCUT2D eigenvalue weighted by Gasteiger charge is -2.26. The van der Waals surface area contributed by atoms with Gasteiger partial charge in [-0.15, -0.1) is 11.3 Å². The van der Waals surface area contributed by atoms with Gasteiger partial charge in [-0.05, 0) is 0 Å². The van der Waals surface area contributed by atoms with Gasteiger partial charge in [0.05, 0.1) is 19.6 Å². The molecule has 19 heavy (non-hydrogen) atoms. The van der Waals surface area contributed by atoms with E-state index in [4.69, 9.17) is 10.5 Å². The maximum absolute atomic E-state index is 5.76. The van der Waals surface area contributed by atoms with Crippen LogP contribution in [0.25, 0.3) is 0 Å². The Balaban J connectivity index is 1.82. The van der Waals surface area contributed by atoms with Crippen LogP contribution in [-0.4, -0.2) is 46.2 Å². The Hall–Kier alpha value is -1.80. The molecule has 8 heteroatoms. The van der Waals surface area contributed by atoms with Gasteiger partial charge in [-0.25, -0.2) is 4.98 Å². The van der Waals surface area contributed by atoms with Gasteiger partial charge in [-0.3, -0.25) is 0 Å². The fraction of sp³-hybridized carbons (Fsp3) is 0.455. The van der Waals surface area contributed by atoms with E-state index in [1.165, 1.54) is 0 Å². The first-order chi connectivity index (χ1) is 9.31. The second-order valence-corrected chi connectivity index (χ2v) is 5.09. The lowest BCUT2D eigenvalue weighted by molar-refractivity contribution is 0.122. The normalized spacial score (nSPS) is 15.7. The first-order valence-electron chi connectivity index (χ1n) is 6.03. The maximum atomic E-state index is 5.76. The van der Waals surface area contributed by atoms with E-state index in [2.05, 4.69) is 24.8 Å². The number of aromatic nitrogens is 4. The van der Waals surface area contributed by atoms with Crippen LogP contribution in [0.4, 0.5) is 11.9 Å². The van der Waals surface area contributed by atoms with Crippen molar-refractivity contribution >= 4 is 23.2 Å². The Labute approximate surface area is 114 Å². The molecule has 1 aliphatic rings. The highest BCUT2D eigenvalue weighted by Gasteiger charge is 2.16. The van der Waals surface area contributed by atoms with Crippen LogP contribution in [0.15, 0.2) is 11.6 Å². The highest BCUT2D eigenvalue weighted by atomic mass is 32.1. The molecule has 2 N–H and O–H groups in total. The summed E-state index contributed by atoms with van der Waals surface area (Å²) >= 11 is 1.58. The summed E-state index contributed by atoms with van der Waals surface area (Å²) in [6.45, 7) is 2.93. The van der Waals surface area contributed by atoms with Crippen LogP contribution < -0.4 is 10.6 Å². The first-order valence-corrected chi connectivity index (χ1v) is 6.91. The third kappa shape index (κ3) is 2.96. The average Bonchev–Trinajstić information content (AvgIpc) is 2.92. The minimum absolute atomic E-state index is 0.253. The summed E-state index contributed by atoms with van der Waals surface area (Å²) in [5, 5.41) is 2.90. The number of nitrogens with zero attached hydrogens (tertiary/aromatic N) is 5. The summed E-state index contributed by atoms with van der Waals surface area (Å²) in [5.41, 5.74) is 5.76. The molecular formula is C11H14N6OS. The van der Waals surface area contributed by atoms with E-state index in [0.717, 1.165) is 18.1 Å². The molecular weight excluding hydrogens is 264 g/mol. The molecule has 0 amide bonds. The number of rotatable bonds is 3. The molecule has 3 heterocycles. The van der Waals surface area contributed by atoms with Crippen molar-refractivity contribution in [1.82, 2.24) is 19.9 Å². The summed E-state index contributed by atoms with van der Waals surface area (Å²) in [6, 6.07) is 0. The summed E-state index contributed by atoms with van der Waals surface area (Å²) in [6.07, 6.45) is 2.36. The minimum Gasteiger partial charge on any atom is -0.378 e. The number of anilines is 2. The largest absolute Gasteiger partial charge is 0.378 e. The average molecular weight is 278 g/mol. The molecule has 3 rings (SSSR count). The van der Waals surface area contributed by atoms with Crippen molar-refractivity contribution < 1.29 is 4.74 Å². The van der Waals surface area contributed by atoms with Crippen LogP contribution >= 0.6 is 11.3 Å². The summed E-state index contributed by atoms with van der Waals surface area (Å²) in [7, 11) is 0. The molecule has 2 aromatic heterocycles. The van der Waals surface area contributed by atoms with Crippen LogP contribution in [0.2, 0.25) is 0 Å². The molecule has 0 atom stereocenters. The standard InChI is InChI=1S/C11H14N6OS/c12-10-14-8(7-9-13-1-6-19-9)15-11(16-10)17-2-4-18-5-3-17/h1,6H,2-5,7H2,(H2,12,14,15,16). The van der Waals surface area contributed by atoms with Crippen molar-refractivity contribution in [2.75, 3.05) is 36.9 Å². The van der Waals surface area contributed by atoms with Gasteiger partial charge in [0, 0.05) is 24.7 Å². The van der Waals surface area contributed by atoms with Crippen LogP contribution in [0.3, 0.4) is 0 Å². The molecule has 100 valence electrons. The second kappa shape index (κ2) is 5.45. The lowest BCUT2D eigenvalue weighted by atomic mass is 10.4. The predicted octanol–water partition coefficient (Wildman–Crippen LogP) is 0.338. The number of hydrogen-bond acceptors (Lipinski definition) is 8. The molecule has 7 nitrogen and oxygen atoms in total. The molecule has 1 saturated heterocycles. The van der Waals surface area contributed by atoms with Gasteiger partial charge in [0.25, 0.3) is 0 Å². The third-order valence-corrected chi connectivity index (χ3v) is 3.55. The molecule has 0 bridgehead atoms. The highest BCUT2D eigenvalue weighted by Crippen LogP contribution is 2.14. The van der Waals surface area contributed by atoms with Crippen molar-refractivity contribution in [3.05, 3.63) is 22.4 Å². The van der Waals surface area contributed by atoms with Crippen molar-refractivity contribution in [1.29, 1.82) is 0 Å². The number of hydrogen-bond donors (Lipinski definition) is 1. The second-order valence-electron chi connectivity index (χ2n) is 4.11. The van der Waals surface area contributed by atoms with E-state index in [-0.39, 0.29) is 5.95 Å². The zero-order valence-corrected chi connectivity index (χ0v) is 11.1. The van der Waals surface area contributed by atoms with Gasteiger partial charge in [0.15, 0.2) is 0 Å². The van der Waals surface area contributed by atoms with Crippen molar-refractivity contribution in [2.45, 2.75) is 6.42 Å². The van der Waals surface area contributed by atoms with Gasteiger partial charge in [-0.1, -0.05) is 0 Å². The summed E-state index contributed by atoms with van der Waals surface area (Å²) in [4.78, 5) is 19.1. The van der Waals surface area contributed by atoms with E-state index in [1.54, 1.807) is 17.5 Å². The zero-order valence-electron chi connectivity index (χ0n) is 10.3. The number of nitrogens with two attached hydrogens (primary N) is 1. The van der Waals surface area contributed by atoms with Gasteiger partial charge >= 0.3 is 0 Å². The lowest BCUT2D eigenvalue weighted by Crippen LogP contribution is -2.37. The fourth-order valence-electron chi connectivity index (χ4n) is 1.88. The quantitative estimate of drug-likeness (QED) is 0.865. The monoisotopic (exact) mass is 278 g/mol. The maximum Gasteiger partial charge on any atom is 0.230 e. The first kappa shape index (κ1) is 12.2. The Morgan fingerprint density at radius 2 is 2.11 bits per heavy atom. The molecule has 0 spiro atoms.